The third-order valence-electron chi connectivity index (χ3n) is 2.72. The minimum absolute atomic E-state index is 0.373. The molecule has 1 atom stereocenters. The van der Waals surface area contributed by atoms with Crippen LogP contribution in [-0.2, 0) is 12.8 Å². The van der Waals surface area contributed by atoms with Crippen molar-refractivity contribution >= 4 is 16.7 Å². The van der Waals surface area contributed by atoms with Crippen LogP contribution < -0.4 is 5.32 Å². The molecule has 1 N–H and O–H groups in total. The van der Waals surface area contributed by atoms with Crippen molar-refractivity contribution in [2.75, 3.05) is 5.32 Å². The van der Waals surface area contributed by atoms with E-state index < -0.39 is 0 Å². The summed E-state index contributed by atoms with van der Waals surface area (Å²) < 4.78 is 9.64. The Hall–Kier alpha value is -1.36. The van der Waals surface area contributed by atoms with Crippen LogP contribution in [0.5, 0.6) is 0 Å². The number of nitrogens with one attached hydrogen (secondary N) is 1. The van der Waals surface area contributed by atoms with Crippen LogP contribution in [0.4, 0.5) is 5.13 Å². The van der Waals surface area contributed by atoms with E-state index in [1.54, 1.807) is 6.26 Å². The lowest BCUT2D eigenvalue weighted by Crippen LogP contribution is -2.15. The summed E-state index contributed by atoms with van der Waals surface area (Å²) in [6.45, 7) is 4.30. The topological polar surface area (TPSA) is 51.0 Å². The number of hydrogen-bond acceptors (Lipinski definition) is 5. The van der Waals surface area contributed by atoms with Gasteiger partial charge < -0.3 is 9.73 Å². The zero-order chi connectivity index (χ0) is 12.8. The minimum Gasteiger partial charge on any atom is -0.469 e. The van der Waals surface area contributed by atoms with Crippen molar-refractivity contribution in [1.29, 1.82) is 0 Å². The number of nitrogens with zero attached hydrogens (tertiary/aromatic N) is 2. The Balaban J connectivity index is 1.77. The van der Waals surface area contributed by atoms with Gasteiger partial charge in [-0.3, -0.25) is 0 Å². The van der Waals surface area contributed by atoms with Gasteiger partial charge in [-0.15, -0.1) is 0 Å². The van der Waals surface area contributed by atoms with Crippen molar-refractivity contribution in [3.63, 3.8) is 0 Å². The predicted molar refractivity (Wildman–Crippen MR) is 74.0 cm³/mol. The molecule has 0 fully saturated rings. The highest BCUT2D eigenvalue weighted by Crippen LogP contribution is 2.15. The second-order valence-corrected chi connectivity index (χ2v) is 5.18. The fraction of sp³-hybridized carbons (Fsp3) is 0.538. The quantitative estimate of drug-likeness (QED) is 0.832. The van der Waals surface area contributed by atoms with Crippen LogP contribution in [0.1, 0.15) is 38.3 Å². The van der Waals surface area contributed by atoms with E-state index in [-0.39, 0.29) is 0 Å². The van der Waals surface area contributed by atoms with Crippen molar-refractivity contribution in [3.8, 4) is 0 Å². The van der Waals surface area contributed by atoms with E-state index in [0.717, 1.165) is 42.4 Å². The zero-order valence-electron chi connectivity index (χ0n) is 10.8. The van der Waals surface area contributed by atoms with E-state index in [1.807, 2.05) is 12.1 Å². The molecule has 0 spiro atoms. The van der Waals surface area contributed by atoms with Gasteiger partial charge in [-0.25, -0.2) is 4.98 Å². The van der Waals surface area contributed by atoms with Gasteiger partial charge in [0, 0.05) is 30.4 Å². The summed E-state index contributed by atoms with van der Waals surface area (Å²) in [5.41, 5.74) is 0. The molecule has 4 nitrogen and oxygen atoms in total. The van der Waals surface area contributed by atoms with Gasteiger partial charge in [0.1, 0.15) is 11.6 Å². The number of aromatic nitrogens is 2. The summed E-state index contributed by atoms with van der Waals surface area (Å²) in [4.78, 5) is 4.46. The smallest absolute Gasteiger partial charge is 0.202 e. The van der Waals surface area contributed by atoms with E-state index in [2.05, 4.69) is 28.5 Å². The molecule has 98 valence electrons. The van der Waals surface area contributed by atoms with Crippen LogP contribution in [0.3, 0.4) is 0 Å². The van der Waals surface area contributed by atoms with Crippen molar-refractivity contribution in [1.82, 2.24) is 9.36 Å². The van der Waals surface area contributed by atoms with E-state index in [0.29, 0.717) is 6.04 Å². The predicted octanol–water partition coefficient (Wildman–Crippen LogP) is 3.52. The molecule has 2 heterocycles. The average Bonchev–Trinajstić information content (AvgIpc) is 2.99. The van der Waals surface area contributed by atoms with Crippen LogP contribution in [0.2, 0.25) is 0 Å². The number of hydrogen-bond donors (Lipinski definition) is 1. The highest BCUT2D eigenvalue weighted by molar-refractivity contribution is 7.09. The van der Waals surface area contributed by atoms with Crippen LogP contribution in [-0.4, -0.2) is 15.4 Å². The average molecular weight is 265 g/mol. The number of aryl methyl sites for hydroxylation is 2. The Labute approximate surface area is 112 Å². The van der Waals surface area contributed by atoms with E-state index in [4.69, 9.17) is 4.42 Å². The number of rotatable bonds is 7. The molecule has 1 unspecified atom stereocenters. The van der Waals surface area contributed by atoms with Crippen molar-refractivity contribution in [2.24, 2.45) is 0 Å². The molecular formula is C13H19N3OS. The van der Waals surface area contributed by atoms with Crippen LogP contribution >= 0.6 is 11.5 Å². The summed E-state index contributed by atoms with van der Waals surface area (Å²) in [5, 5.41) is 4.31. The molecule has 0 amide bonds. The Bertz CT molecular complexity index is 453. The van der Waals surface area contributed by atoms with Gasteiger partial charge in [0.25, 0.3) is 0 Å². The van der Waals surface area contributed by atoms with Crippen LogP contribution in [0, 0.1) is 0 Å². The number of anilines is 1. The summed E-state index contributed by atoms with van der Waals surface area (Å²) in [5.74, 6) is 1.98. The van der Waals surface area contributed by atoms with Crippen LogP contribution in [0.25, 0.3) is 0 Å². The molecule has 0 saturated heterocycles. The molecule has 0 bridgehead atoms. The fourth-order valence-corrected chi connectivity index (χ4v) is 2.46. The first-order valence-corrected chi connectivity index (χ1v) is 7.16. The van der Waals surface area contributed by atoms with Crippen molar-refractivity contribution in [2.45, 2.75) is 45.6 Å². The second kappa shape index (κ2) is 6.54. The molecule has 0 saturated carbocycles. The Kier molecular flexibility index (Phi) is 4.75. The normalized spacial score (nSPS) is 12.6. The van der Waals surface area contributed by atoms with Gasteiger partial charge in [0.15, 0.2) is 0 Å². The van der Waals surface area contributed by atoms with Gasteiger partial charge in [0.2, 0.25) is 5.13 Å². The van der Waals surface area contributed by atoms with Gasteiger partial charge in [-0.05, 0) is 31.9 Å². The SMILES string of the molecule is CCCc1nsc(NC(C)CCc2ccco2)n1. The molecule has 2 aromatic heterocycles. The maximum absolute atomic E-state index is 5.32. The maximum atomic E-state index is 5.32. The monoisotopic (exact) mass is 265 g/mol. The molecule has 0 aliphatic carbocycles. The maximum Gasteiger partial charge on any atom is 0.202 e. The highest BCUT2D eigenvalue weighted by atomic mass is 32.1. The number of furan rings is 1. The van der Waals surface area contributed by atoms with Crippen molar-refractivity contribution in [3.05, 3.63) is 30.0 Å². The molecular weight excluding hydrogens is 246 g/mol. The minimum atomic E-state index is 0.373. The first-order chi connectivity index (χ1) is 8.78. The molecule has 2 aromatic rings. The molecule has 5 heteroatoms. The second-order valence-electron chi connectivity index (χ2n) is 4.43. The lowest BCUT2D eigenvalue weighted by molar-refractivity contribution is 0.495. The van der Waals surface area contributed by atoms with E-state index >= 15 is 0 Å². The molecule has 0 radical (unpaired) electrons. The molecule has 0 aromatic carbocycles. The Morgan fingerprint density at radius 2 is 2.33 bits per heavy atom. The largest absolute Gasteiger partial charge is 0.469 e. The van der Waals surface area contributed by atoms with Gasteiger partial charge in [-0.2, -0.15) is 4.37 Å². The first-order valence-electron chi connectivity index (χ1n) is 6.39. The standard InChI is InChI=1S/C13H19N3OS/c1-3-5-12-15-13(18-16-12)14-10(2)7-8-11-6-4-9-17-11/h4,6,9-10H,3,5,7-8H2,1-2H3,(H,14,15,16). The van der Waals surface area contributed by atoms with Gasteiger partial charge in [0.05, 0.1) is 6.26 Å². The zero-order valence-corrected chi connectivity index (χ0v) is 11.7. The lowest BCUT2D eigenvalue weighted by atomic mass is 10.1. The van der Waals surface area contributed by atoms with E-state index in [9.17, 15) is 0 Å². The van der Waals surface area contributed by atoms with Gasteiger partial charge in [-0.1, -0.05) is 6.92 Å². The third-order valence-corrected chi connectivity index (χ3v) is 3.40. The molecule has 2 rings (SSSR count). The van der Waals surface area contributed by atoms with Crippen molar-refractivity contribution < 1.29 is 4.42 Å². The van der Waals surface area contributed by atoms with Gasteiger partial charge >= 0.3 is 0 Å². The molecule has 0 aliphatic heterocycles. The lowest BCUT2D eigenvalue weighted by Gasteiger charge is -2.11. The highest BCUT2D eigenvalue weighted by Gasteiger charge is 2.08. The fourth-order valence-electron chi connectivity index (χ4n) is 1.73. The Morgan fingerprint density at radius 1 is 1.44 bits per heavy atom. The third kappa shape index (κ3) is 3.84. The molecule has 18 heavy (non-hydrogen) atoms. The summed E-state index contributed by atoms with van der Waals surface area (Å²) in [6, 6.07) is 4.31. The van der Waals surface area contributed by atoms with E-state index in [1.165, 1.54) is 11.5 Å². The summed E-state index contributed by atoms with van der Waals surface area (Å²) in [7, 11) is 0. The molecule has 0 aliphatic rings. The Morgan fingerprint density at radius 3 is 3.06 bits per heavy atom. The summed E-state index contributed by atoms with van der Waals surface area (Å²) in [6.07, 6.45) is 5.73. The van der Waals surface area contributed by atoms with Crippen LogP contribution in [0.15, 0.2) is 22.8 Å². The first kappa shape index (κ1) is 13.1. The summed E-state index contributed by atoms with van der Waals surface area (Å²) >= 11 is 1.45.